The molecule has 2 heteroatoms. The molecule has 0 atom stereocenters. The number of carbonyl (C=O) groups excluding carboxylic acids is 1. The molecule has 0 unspecified atom stereocenters. The van der Waals surface area contributed by atoms with Crippen LogP contribution in [0.25, 0.3) is 10.8 Å². The molecule has 0 aromatic heterocycles. The molecule has 0 heterocycles. The van der Waals surface area contributed by atoms with Gasteiger partial charge in [0, 0.05) is 11.6 Å². The highest BCUT2D eigenvalue weighted by Crippen LogP contribution is 2.17. The molecular formula is C16H19NO. The molecular weight excluding hydrogens is 222 g/mol. The number of carbonyl (C=O) groups is 1. The predicted octanol–water partition coefficient (Wildman–Crippen LogP) is 3.33. The smallest absolute Gasteiger partial charge is 0.176 e. The molecule has 0 amide bonds. The Morgan fingerprint density at radius 2 is 1.78 bits per heavy atom. The van der Waals surface area contributed by atoms with E-state index in [-0.39, 0.29) is 5.78 Å². The molecule has 0 bridgehead atoms. The Hall–Kier alpha value is -1.67. The number of hydrogen-bond acceptors (Lipinski definition) is 2. The molecule has 18 heavy (non-hydrogen) atoms. The van der Waals surface area contributed by atoms with Gasteiger partial charge in [0.1, 0.15) is 0 Å². The molecule has 0 fully saturated rings. The summed E-state index contributed by atoms with van der Waals surface area (Å²) in [6, 6.07) is 12.5. The lowest BCUT2D eigenvalue weighted by atomic mass is 10.0. The van der Waals surface area contributed by atoms with E-state index in [1.165, 1.54) is 10.9 Å². The Morgan fingerprint density at radius 3 is 2.50 bits per heavy atom. The van der Waals surface area contributed by atoms with Gasteiger partial charge < -0.3 is 5.32 Å². The average Bonchev–Trinajstić information content (AvgIpc) is 2.35. The Balaban J connectivity index is 2.24. The molecule has 0 aliphatic carbocycles. The minimum absolute atomic E-state index is 0.145. The van der Waals surface area contributed by atoms with E-state index in [2.05, 4.69) is 30.4 Å². The molecule has 0 spiro atoms. The van der Waals surface area contributed by atoms with Gasteiger partial charge in [0.25, 0.3) is 0 Å². The third-order valence-electron chi connectivity index (χ3n) is 2.99. The fraction of sp³-hybridized carbons (Fsp3) is 0.312. The van der Waals surface area contributed by atoms with Gasteiger partial charge in [-0.2, -0.15) is 0 Å². The lowest BCUT2D eigenvalue weighted by molar-refractivity contribution is 0.0988. The lowest BCUT2D eigenvalue weighted by Crippen LogP contribution is -2.29. The summed E-state index contributed by atoms with van der Waals surface area (Å²) in [6.45, 7) is 6.55. The first-order valence-electron chi connectivity index (χ1n) is 6.33. The van der Waals surface area contributed by atoms with Crippen molar-refractivity contribution in [3.8, 4) is 0 Å². The van der Waals surface area contributed by atoms with Crippen molar-refractivity contribution in [1.29, 1.82) is 0 Å². The van der Waals surface area contributed by atoms with E-state index >= 15 is 0 Å². The van der Waals surface area contributed by atoms with Crippen molar-refractivity contribution in [3.63, 3.8) is 0 Å². The van der Waals surface area contributed by atoms with Crippen LogP contribution in [0, 0.1) is 6.92 Å². The summed E-state index contributed by atoms with van der Waals surface area (Å²) in [4.78, 5) is 12.0. The normalized spacial score (nSPS) is 11.1. The number of aryl methyl sites for hydroxylation is 1. The van der Waals surface area contributed by atoms with Gasteiger partial charge in [0.15, 0.2) is 5.78 Å². The summed E-state index contributed by atoms with van der Waals surface area (Å²) in [5.74, 6) is 0.145. The van der Waals surface area contributed by atoms with Gasteiger partial charge in [-0.15, -0.1) is 0 Å². The van der Waals surface area contributed by atoms with E-state index in [4.69, 9.17) is 0 Å². The van der Waals surface area contributed by atoms with Crippen LogP contribution in [0.5, 0.6) is 0 Å². The molecule has 0 aliphatic heterocycles. The minimum Gasteiger partial charge on any atom is -0.307 e. The predicted molar refractivity (Wildman–Crippen MR) is 76.2 cm³/mol. The zero-order chi connectivity index (χ0) is 13.1. The van der Waals surface area contributed by atoms with Crippen LogP contribution in [0.15, 0.2) is 36.4 Å². The summed E-state index contributed by atoms with van der Waals surface area (Å²) >= 11 is 0. The number of ketones is 1. The Morgan fingerprint density at radius 1 is 1.11 bits per heavy atom. The maximum absolute atomic E-state index is 12.0. The monoisotopic (exact) mass is 241 g/mol. The summed E-state index contributed by atoms with van der Waals surface area (Å²) < 4.78 is 0. The first kappa shape index (κ1) is 12.8. The number of nitrogens with one attached hydrogen (secondary N) is 1. The first-order chi connectivity index (χ1) is 8.56. The van der Waals surface area contributed by atoms with Crippen molar-refractivity contribution < 1.29 is 4.79 Å². The summed E-state index contributed by atoms with van der Waals surface area (Å²) in [7, 11) is 0. The van der Waals surface area contributed by atoms with Crippen LogP contribution in [-0.2, 0) is 0 Å². The molecule has 0 radical (unpaired) electrons. The molecule has 2 nitrogen and oxygen atoms in total. The van der Waals surface area contributed by atoms with Gasteiger partial charge in [0.05, 0.1) is 6.54 Å². The fourth-order valence-electron chi connectivity index (χ4n) is 1.94. The summed E-state index contributed by atoms with van der Waals surface area (Å²) in [6.07, 6.45) is 0. The molecule has 2 aromatic rings. The zero-order valence-electron chi connectivity index (χ0n) is 11.2. The lowest BCUT2D eigenvalue weighted by Gasteiger charge is -2.08. The SMILES string of the molecule is Cc1ccc2cc(C(=O)CNC(C)C)ccc2c1. The second kappa shape index (κ2) is 5.32. The van der Waals surface area contributed by atoms with Crippen LogP contribution in [0.2, 0.25) is 0 Å². The van der Waals surface area contributed by atoms with Gasteiger partial charge in [0.2, 0.25) is 0 Å². The van der Waals surface area contributed by atoms with Crippen LogP contribution in [0.4, 0.5) is 0 Å². The number of Topliss-reactive ketones (excluding diaryl/α,β-unsaturated/α-hetero) is 1. The fourth-order valence-corrected chi connectivity index (χ4v) is 1.94. The zero-order valence-corrected chi connectivity index (χ0v) is 11.2. The highest BCUT2D eigenvalue weighted by Gasteiger charge is 2.07. The molecule has 2 rings (SSSR count). The number of hydrogen-bond donors (Lipinski definition) is 1. The van der Waals surface area contributed by atoms with Gasteiger partial charge in [-0.1, -0.05) is 49.7 Å². The van der Waals surface area contributed by atoms with Crippen LogP contribution >= 0.6 is 0 Å². The standard InChI is InChI=1S/C16H19NO/c1-11(2)17-10-16(18)15-7-6-13-8-12(3)4-5-14(13)9-15/h4-9,11,17H,10H2,1-3H3. The third kappa shape index (κ3) is 2.96. The average molecular weight is 241 g/mol. The van der Waals surface area contributed by atoms with Crippen molar-refractivity contribution in [1.82, 2.24) is 5.32 Å². The maximum Gasteiger partial charge on any atom is 0.176 e. The van der Waals surface area contributed by atoms with Gasteiger partial charge >= 0.3 is 0 Å². The molecule has 0 saturated heterocycles. The number of rotatable bonds is 4. The molecule has 0 aliphatic rings. The molecule has 1 N–H and O–H groups in total. The van der Waals surface area contributed by atoms with Crippen molar-refractivity contribution in [2.24, 2.45) is 0 Å². The summed E-state index contributed by atoms with van der Waals surface area (Å²) in [5, 5.41) is 5.46. The van der Waals surface area contributed by atoms with Gasteiger partial charge in [-0.05, 0) is 23.8 Å². The minimum atomic E-state index is 0.145. The van der Waals surface area contributed by atoms with Crippen LogP contribution in [0.1, 0.15) is 29.8 Å². The second-order valence-electron chi connectivity index (χ2n) is 5.02. The van der Waals surface area contributed by atoms with Crippen molar-refractivity contribution >= 4 is 16.6 Å². The number of benzene rings is 2. The Labute approximate surface area is 108 Å². The van der Waals surface area contributed by atoms with Gasteiger partial charge in [-0.3, -0.25) is 4.79 Å². The third-order valence-corrected chi connectivity index (χ3v) is 2.99. The quantitative estimate of drug-likeness (QED) is 0.832. The molecule has 2 aromatic carbocycles. The van der Waals surface area contributed by atoms with E-state index in [9.17, 15) is 4.79 Å². The Bertz CT molecular complexity index is 572. The van der Waals surface area contributed by atoms with E-state index in [1.54, 1.807) is 0 Å². The van der Waals surface area contributed by atoms with Crippen LogP contribution < -0.4 is 5.32 Å². The van der Waals surface area contributed by atoms with E-state index in [1.807, 2.05) is 32.0 Å². The van der Waals surface area contributed by atoms with E-state index < -0.39 is 0 Å². The van der Waals surface area contributed by atoms with Gasteiger partial charge in [-0.25, -0.2) is 0 Å². The van der Waals surface area contributed by atoms with Crippen molar-refractivity contribution in [2.75, 3.05) is 6.54 Å². The largest absolute Gasteiger partial charge is 0.307 e. The van der Waals surface area contributed by atoms with Crippen molar-refractivity contribution in [2.45, 2.75) is 26.8 Å². The van der Waals surface area contributed by atoms with E-state index in [0.29, 0.717) is 12.6 Å². The van der Waals surface area contributed by atoms with Crippen LogP contribution in [0.3, 0.4) is 0 Å². The first-order valence-corrected chi connectivity index (χ1v) is 6.33. The molecule has 0 saturated carbocycles. The van der Waals surface area contributed by atoms with E-state index in [0.717, 1.165) is 10.9 Å². The Kier molecular flexibility index (Phi) is 3.78. The molecule has 94 valence electrons. The highest BCUT2D eigenvalue weighted by molar-refractivity contribution is 6.01. The van der Waals surface area contributed by atoms with Crippen LogP contribution in [-0.4, -0.2) is 18.4 Å². The highest BCUT2D eigenvalue weighted by atomic mass is 16.1. The maximum atomic E-state index is 12.0. The number of fused-ring (bicyclic) bond motifs is 1. The summed E-state index contributed by atoms with van der Waals surface area (Å²) in [5.41, 5.74) is 2.02. The van der Waals surface area contributed by atoms with Crippen molar-refractivity contribution in [3.05, 3.63) is 47.5 Å². The topological polar surface area (TPSA) is 29.1 Å². The second-order valence-corrected chi connectivity index (χ2v) is 5.02.